The molecule has 0 spiro atoms. The number of rotatable bonds is 5. The molecule has 0 fully saturated rings. The van der Waals surface area contributed by atoms with Crippen LogP contribution in [0.25, 0.3) is 0 Å². The Balaban J connectivity index is 1.46. The second kappa shape index (κ2) is 6.76. The van der Waals surface area contributed by atoms with Gasteiger partial charge >= 0.3 is 0 Å². The lowest BCUT2D eigenvalue weighted by Gasteiger charge is -2.02. The van der Waals surface area contributed by atoms with Gasteiger partial charge in [0.15, 0.2) is 11.5 Å². The number of benzene rings is 2. The molecule has 0 bridgehead atoms. The van der Waals surface area contributed by atoms with Gasteiger partial charge in [-0.3, -0.25) is 9.79 Å². The minimum Gasteiger partial charge on any atom is -0.454 e. The molecule has 22 heavy (non-hydrogen) atoms. The van der Waals surface area contributed by atoms with Gasteiger partial charge in [-0.1, -0.05) is 18.2 Å². The molecule has 0 saturated heterocycles. The van der Waals surface area contributed by atoms with E-state index in [4.69, 9.17) is 9.47 Å². The first-order chi connectivity index (χ1) is 10.8. The summed E-state index contributed by atoms with van der Waals surface area (Å²) in [6.07, 6.45) is 1.76. The fraction of sp³-hybridized carbons (Fsp3) is 0.176. The molecule has 5 nitrogen and oxygen atoms in total. The monoisotopic (exact) mass is 296 g/mol. The SMILES string of the molecule is O=C(NCCN=Cc1ccc2c(c1)OCO2)c1ccccc1. The van der Waals surface area contributed by atoms with E-state index in [0.717, 1.165) is 17.1 Å². The summed E-state index contributed by atoms with van der Waals surface area (Å²) >= 11 is 0. The molecule has 1 amide bonds. The summed E-state index contributed by atoms with van der Waals surface area (Å²) < 4.78 is 10.6. The molecular formula is C17H16N2O3. The van der Waals surface area contributed by atoms with Gasteiger partial charge in [0.05, 0.1) is 6.54 Å². The van der Waals surface area contributed by atoms with Crippen LogP contribution in [-0.2, 0) is 0 Å². The van der Waals surface area contributed by atoms with Gasteiger partial charge in [-0.15, -0.1) is 0 Å². The van der Waals surface area contributed by atoms with Crippen LogP contribution in [-0.4, -0.2) is 32.0 Å². The van der Waals surface area contributed by atoms with E-state index >= 15 is 0 Å². The van der Waals surface area contributed by atoms with Gasteiger partial charge in [0.2, 0.25) is 6.79 Å². The van der Waals surface area contributed by atoms with Crippen molar-refractivity contribution in [2.24, 2.45) is 4.99 Å². The predicted molar refractivity (Wildman–Crippen MR) is 83.8 cm³/mol. The lowest BCUT2D eigenvalue weighted by molar-refractivity contribution is 0.0955. The third kappa shape index (κ3) is 3.44. The van der Waals surface area contributed by atoms with Crippen LogP contribution < -0.4 is 14.8 Å². The Bertz CT molecular complexity index is 684. The van der Waals surface area contributed by atoms with Gasteiger partial charge < -0.3 is 14.8 Å². The number of nitrogens with one attached hydrogen (secondary N) is 1. The quantitative estimate of drug-likeness (QED) is 0.680. The number of amides is 1. The van der Waals surface area contributed by atoms with Gasteiger partial charge in [0.1, 0.15) is 0 Å². The summed E-state index contributed by atoms with van der Waals surface area (Å²) in [5.74, 6) is 1.41. The zero-order valence-corrected chi connectivity index (χ0v) is 12.0. The maximum atomic E-state index is 11.8. The minimum absolute atomic E-state index is 0.0844. The number of carbonyl (C=O) groups excluding carboxylic acids is 1. The molecular weight excluding hydrogens is 280 g/mol. The van der Waals surface area contributed by atoms with Gasteiger partial charge in [0.25, 0.3) is 5.91 Å². The number of nitrogens with zero attached hydrogens (tertiary/aromatic N) is 1. The topological polar surface area (TPSA) is 59.9 Å². The first kappa shape index (κ1) is 14.1. The van der Waals surface area contributed by atoms with Crippen LogP contribution in [0.5, 0.6) is 11.5 Å². The van der Waals surface area contributed by atoms with E-state index in [2.05, 4.69) is 10.3 Å². The summed E-state index contributed by atoms with van der Waals surface area (Å²) in [5, 5.41) is 2.83. The van der Waals surface area contributed by atoms with E-state index in [1.54, 1.807) is 18.3 Å². The highest BCUT2D eigenvalue weighted by atomic mass is 16.7. The summed E-state index contributed by atoms with van der Waals surface area (Å²) in [6, 6.07) is 14.8. The van der Waals surface area contributed by atoms with Crippen molar-refractivity contribution in [1.82, 2.24) is 5.32 Å². The Labute approximate surface area is 128 Å². The number of carbonyl (C=O) groups is 1. The van der Waals surface area contributed by atoms with Crippen molar-refractivity contribution in [1.29, 1.82) is 0 Å². The molecule has 5 heteroatoms. The Morgan fingerprint density at radius 2 is 1.95 bits per heavy atom. The molecule has 0 aromatic heterocycles. The predicted octanol–water partition coefficient (Wildman–Crippen LogP) is 2.26. The van der Waals surface area contributed by atoms with Crippen molar-refractivity contribution >= 4 is 12.1 Å². The molecule has 1 heterocycles. The molecule has 1 aliphatic heterocycles. The third-order valence-electron chi connectivity index (χ3n) is 3.20. The van der Waals surface area contributed by atoms with E-state index in [0.29, 0.717) is 18.7 Å². The molecule has 1 N–H and O–H groups in total. The van der Waals surface area contributed by atoms with Crippen molar-refractivity contribution in [3.63, 3.8) is 0 Å². The third-order valence-corrected chi connectivity index (χ3v) is 3.20. The van der Waals surface area contributed by atoms with Crippen LogP contribution in [0.2, 0.25) is 0 Å². The van der Waals surface area contributed by atoms with Crippen LogP contribution in [0.3, 0.4) is 0 Å². The van der Waals surface area contributed by atoms with Gasteiger partial charge in [-0.2, -0.15) is 0 Å². The zero-order chi connectivity index (χ0) is 15.2. The zero-order valence-electron chi connectivity index (χ0n) is 12.0. The van der Waals surface area contributed by atoms with Gasteiger partial charge in [0, 0.05) is 18.3 Å². The lowest BCUT2D eigenvalue weighted by Crippen LogP contribution is -2.25. The highest BCUT2D eigenvalue weighted by Gasteiger charge is 2.12. The molecule has 1 aliphatic rings. The fourth-order valence-electron chi connectivity index (χ4n) is 2.09. The molecule has 2 aromatic rings. The first-order valence-electron chi connectivity index (χ1n) is 7.06. The summed E-state index contributed by atoms with van der Waals surface area (Å²) in [4.78, 5) is 16.1. The molecule has 0 radical (unpaired) electrons. The van der Waals surface area contributed by atoms with E-state index in [-0.39, 0.29) is 12.7 Å². The average Bonchev–Trinajstić information content (AvgIpc) is 3.03. The number of aliphatic imine (C=N–C) groups is 1. The van der Waals surface area contributed by atoms with Gasteiger partial charge in [-0.25, -0.2) is 0 Å². The number of ether oxygens (including phenoxy) is 2. The molecule has 0 saturated carbocycles. The smallest absolute Gasteiger partial charge is 0.251 e. The van der Waals surface area contributed by atoms with E-state index in [1.165, 1.54) is 0 Å². The fourth-order valence-corrected chi connectivity index (χ4v) is 2.09. The first-order valence-corrected chi connectivity index (χ1v) is 7.06. The summed E-state index contributed by atoms with van der Waals surface area (Å²) in [5.41, 5.74) is 1.60. The van der Waals surface area contributed by atoms with Crippen molar-refractivity contribution in [3.05, 3.63) is 59.7 Å². The molecule has 112 valence electrons. The van der Waals surface area contributed by atoms with Crippen molar-refractivity contribution in [3.8, 4) is 11.5 Å². The maximum Gasteiger partial charge on any atom is 0.251 e. The number of hydrogen-bond acceptors (Lipinski definition) is 4. The summed E-state index contributed by atoms with van der Waals surface area (Å²) in [7, 11) is 0. The van der Waals surface area contributed by atoms with E-state index < -0.39 is 0 Å². The molecule has 2 aromatic carbocycles. The van der Waals surface area contributed by atoms with Gasteiger partial charge in [-0.05, 0) is 35.9 Å². The molecule has 3 rings (SSSR count). The second-order valence-corrected chi connectivity index (χ2v) is 4.77. The Morgan fingerprint density at radius 3 is 2.82 bits per heavy atom. The highest BCUT2D eigenvalue weighted by Crippen LogP contribution is 2.31. The Kier molecular flexibility index (Phi) is 4.34. The van der Waals surface area contributed by atoms with Crippen molar-refractivity contribution < 1.29 is 14.3 Å². The second-order valence-electron chi connectivity index (χ2n) is 4.77. The van der Waals surface area contributed by atoms with Crippen LogP contribution in [0.1, 0.15) is 15.9 Å². The number of hydrogen-bond donors (Lipinski definition) is 1. The van der Waals surface area contributed by atoms with Crippen LogP contribution in [0.15, 0.2) is 53.5 Å². The van der Waals surface area contributed by atoms with Crippen LogP contribution >= 0.6 is 0 Å². The average molecular weight is 296 g/mol. The van der Waals surface area contributed by atoms with Crippen LogP contribution in [0.4, 0.5) is 0 Å². The maximum absolute atomic E-state index is 11.8. The minimum atomic E-state index is -0.0844. The van der Waals surface area contributed by atoms with Crippen molar-refractivity contribution in [2.45, 2.75) is 0 Å². The standard InChI is InChI=1S/C17H16N2O3/c20-17(14-4-2-1-3-5-14)19-9-8-18-11-13-6-7-15-16(10-13)22-12-21-15/h1-7,10-11H,8-9,12H2,(H,19,20). The highest BCUT2D eigenvalue weighted by molar-refractivity contribution is 5.94. The molecule has 0 aliphatic carbocycles. The Hall–Kier alpha value is -2.82. The van der Waals surface area contributed by atoms with E-state index in [1.807, 2.05) is 36.4 Å². The van der Waals surface area contributed by atoms with Crippen molar-refractivity contribution in [2.75, 3.05) is 19.9 Å². The molecule has 0 unspecified atom stereocenters. The largest absolute Gasteiger partial charge is 0.454 e. The Morgan fingerprint density at radius 1 is 1.14 bits per heavy atom. The molecule has 0 atom stereocenters. The van der Waals surface area contributed by atoms with E-state index in [9.17, 15) is 4.79 Å². The summed E-state index contributed by atoms with van der Waals surface area (Å²) in [6.45, 7) is 1.28. The lowest BCUT2D eigenvalue weighted by atomic mass is 10.2. The number of fused-ring (bicyclic) bond motifs is 1. The normalized spacial score (nSPS) is 12.5. The van der Waals surface area contributed by atoms with Crippen LogP contribution in [0, 0.1) is 0 Å².